The van der Waals surface area contributed by atoms with E-state index in [1.807, 2.05) is 36.4 Å². The van der Waals surface area contributed by atoms with E-state index in [1.54, 1.807) is 0 Å². The largest absolute Gasteiger partial charge is 0.393 e. The first-order chi connectivity index (χ1) is 12.5. The van der Waals surface area contributed by atoms with Gasteiger partial charge in [-0.3, -0.25) is 0 Å². The highest BCUT2D eigenvalue weighted by atomic mass is 35.5. The molecule has 0 aliphatic carbocycles. The average molecular weight is 368 g/mol. The van der Waals surface area contributed by atoms with E-state index in [0.29, 0.717) is 34.8 Å². The van der Waals surface area contributed by atoms with Gasteiger partial charge in [0.1, 0.15) is 12.0 Å². The van der Waals surface area contributed by atoms with Crippen molar-refractivity contribution in [1.29, 1.82) is 0 Å². The Labute approximate surface area is 158 Å². The van der Waals surface area contributed by atoms with Crippen LogP contribution in [0.3, 0.4) is 0 Å². The van der Waals surface area contributed by atoms with E-state index < -0.39 is 0 Å². The van der Waals surface area contributed by atoms with E-state index in [4.69, 9.17) is 17.3 Å². The molecule has 5 nitrogen and oxygen atoms in total. The lowest BCUT2D eigenvalue weighted by atomic mass is 10.0. The van der Waals surface area contributed by atoms with Gasteiger partial charge < -0.3 is 16.4 Å². The van der Waals surface area contributed by atoms with Gasteiger partial charge in [0, 0.05) is 17.3 Å². The highest BCUT2D eigenvalue weighted by molar-refractivity contribution is 6.31. The Morgan fingerprint density at radius 2 is 1.69 bits per heavy atom. The Balaban J connectivity index is 1.73. The van der Waals surface area contributed by atoms with Gasteiger partial charge in [-0.2, -0.15) is 0 Å². The van der Waals surface area contributed by atoms with Gasteiger partial charge in [-0.15, -0.1) is 0 Å². The Morgan fingerprint density at radius 1 is 1.00 bits per heavy atom. The fourth-order valence-electron chi connectivity index (χ4n) is 2.54. The number of nitrogens with two attached hydrogens (primary N) is 1. The molecule has 0 atom stereocenters. The maximum atomic E-state index is 6.23. The lowest BCUT2D eigenvalue weighted by Crippen LogP contribution is -2.08. The molecule has 0 saturated carbocycles. The van der Waals surface area contributed by atoms with Crippen LogP contribution in [-0.2, 0) is 6.54 Å². The fraction of sp³-hybridized carbons (Fsp3) is 0.200. The van der Waals surface area contributed by atoms with E-state index in [-0.39, 0.29) is 0 Å². The molecule has 4 N–H and O–H groups in total. The van der Waals surface area contributed by atoms with Crippen molar-refractivity contribution in [3.8, 4) is 0 Å². The van der Waals surface area contributed by atoms with Crippen molar-refractivity contribution in [2.75, 3.05) is 16.4 Å². The number of anilines is 4. The van der Waals surface area contributed by atoms with Crippen LogP contribution < -0.4 is 16.4 Å². The molecule has 3 rings (SSSR count). The van der Waals surface area contributed by atoms with Crippen LogP contribution in [0.4, 0.5) is 23.0 Å². The van der Waals surface area contributed by atoms with Crippen LogP contribution in [0.1, 0.15) is 30.9 Å². The zero-order valence-electron chi connectivity index (χ0n) is 14.8. The van der Waals surface area contributed by atoms with Crippen molar-refractivity contribution in [3.05, 3.63) is 71.0 Å². The molecule has 0 aliphatic rings. The molecule has 0 spiro atoms. The molecule has 0 unspecified atom stereocenters. The highest BCUT2D eigenvalue weighted by Crippen LogP contribution is 2.27. The van der Waals surface area contributed by atoms with Crippen molar-refractivity contribution in [2.45, 2.75) is 26.3 Å². The van der Waals surface area contributed by atoms with Crippen LogP contribution in [0.25, 0.3) is 0 Å². The Bertz CT molecular complexity index is 878. The predicted octanol–water partition coefficient (Wildman–Crippen LogP) is 5.19. The summed E-state index contributed by atoms with van der Waals surface area (Å²) in [6.45, 7) is 4.87. The van der Waals surface area contributed by atoms with Crippen molar-refractivity contribution < 1.29 is 0 Å². The van der Waals surface area contributed by atoms with E-state index in [0.717, 1.165) is 11.3 Å². The topological polar surface area (TPSA) is 75.9 Å². The lowest BCUT2D eigenvalue weighted by Gasteiger charge is -2.13. The third-order valence-electron chi connectivity index (χ3n) is 4.13. The molecule has 0 saturated heterocycles. The maximum absolute atomic E-state index is 6.23. The molecule has 1 aromatic heterocycles. The Kier molecular flexibility index (Phi) is 5.58. The van der Waals surface area contributed by atoms with E-state index in [1.165, 1.54) is 11.9 Å². The molecule has 2 aromatic carbocycles. The molecule has 0 radical (unpaired) electrons. The van der Waals surface area contributed by atoms with Crippen molar-refractivity contribution in [3.63, 3.8) is 0 Å². The molecule has 0 fully saturated rings. The normalized spacial score (nSPS) is 10.8. The molecule has 6 heteroatoms. The summed E-state index contributed by atoms with van der Waals surface area (Å²) in [6.07, 6.45) is 1.48. The van der Waals surface area contributed by atoms with Crippen LogP contribution in [0.2, 0.25) is 5.02 Å². The van der Waals surface area contributed by atoms with Crippen LogP contribution >= 0.6 is 11.6 Å². The average Bonchev–Trinajstić information content (AvgIpc) is 2.64. The number of hydrogen-bond acceptors (Lipinski definition) is 5. The van der Waals surface area contributed by atoms with E-state index in [9.17, 15) is 0 Å². The van der Waals surface area contributed by atoms with Crippen molar-refractivity contribution >= 4 is 34.6 Å². The van der Waals surface area contributed by atoms with Crippen LogP contribution in [0.5, 0.6) is 0 Å². The van der Waals surface area contributed by atoms with Gasteiger partial charge in [0.2, 0.25) is 0 Å². The van der Waals surface area contributed by atoms with Gasteiger partial charge >= 0.3 is 0 Å². The minimum absolute atomic E-state index is 0.465. The van der Waals surface area contributed by atoms with Crippen molar-refractivity contribution in [2.24, 2.45) is 0 Å². The SMILES string of the molecule is CC(C)c1ccc(Nc2ncnc(NCc3ccccc3Cl)c2N)cc1. The second kappa shape index (κ2) is 8.06. The van der Waals surface area contributed by atoms with Crippen molar-refractivity contribution in [1.82, 2.24) is 9.97 Å². The predicted molar refractivity (Wildman–Crippen MR) is 109 cm³/mol. The number of nitrogens with one attached hydrogen (secondary N) is 2. The summed E-state index contributed by atoms with van der Waals surface area (Å²) in [6, 6.07) is 15.9. The molecule has 0 bridgehead atoms. The Morgan fingerprint density at radius 3 is 2.38 bits per heavy atom. The monoisotopic (exact) mass is 367 g/mol. The minimum atomic E-state index is 0.465. The quantitative estimate of drug-likeness (QED) is 0.558. The number of nitrogen functional groups attached to an aromatic ring is 1. The molecule has 134 valence electrons. The number of rotatable bonds is 6. The first-order valence-corrected chi connectivity index (χ1v) is 8.87. The van der Waals surface area contributed by atoms with Crippen LogP contribution in [0.15, 0.2) is 54.9 Å². The summed E-state index contributed by atoms with van der Waals surface area (Å²) in [7, 11) is 0. The molecule has 26 heavy (non-hydrogen) atoms. The standard InChI is InChI=1S/C20H22ClN5/c1-13(2)14-7-9-16(10-8-14)26-20-18(22)19(24-12-25-20)23-11-15-5-3-4-6-17(15)21/h3-10,12-13H,11,22H2,1-2H3,(H2,23,24,25,26). The minimum Gasteiger partial charge on any atom is -0.393 e. The zero-order valence-corrected chi connectivity index (χ0v) is 15.6. The third-order valence-corrected chi connectivity index (χ3v) is 4.50. The van der Waals surface area contributed by atoms with E-state index in [2.05, 4.69) is 46.6 Å². The van der Waals surface area contributed by atoms with E-state index >= 15 is 0 Å². The summed E-state index contributed by atoms with van der Waals surface area (Å²) in [5, 5.41) is 7.17. The first kappa shape index (κ1) is 18.0. The summed E-state index contributed by atoms with van der Waals surface area (Å²) in [4.78, 5) is 8.48. The zero-order chi connectivity index (χ0) is 18.5. The maximum Gasteiger partial charge on any atom is 0.159 e. The third kappa shape index (κ3) is 4.24. The molecule has 0 amide bonds. The number of hydrogen-bond donors (Lipinski definition) is 3. The van der Waals surface area contributed by atoms with Crippen LogP contribution in [0, 0.1) is 0 Å². The van der Waals surface area contributed by atoms with Gasteiger partial charge in [0.25, 0.3) is 0 Å². The number of nitrogens with zero attached hydrogens (tertiary/aromatic N) is 2. The summed E-state index contributed by atoms with van der Waals surface area (Å²) < 4.78 is 0. The second-order valence-electron chi connectivity index (χ2n) is 6.33. The number of benzene rings is 2. The van der Waals surface area contributed by atoms with Gasteiger partial charge in [-0.25, -0.2) is 9.97 Å². The molecule has 0 aliphatic heterocycles. The molecule has 1 heterocycles. The smallest absolute Gasteiger partial charge is 0.159 e. The fourth-order valence-corrected chi connectivity index (χ4v) is 2.75. The lowest BCUT2D eigenvalue weighted by molar-refractivity contribution is 0.867. The molecular formula is C20H22ClN5. The second-order valence-corrected chi connectivity index (χ2v) is 6.74. The van der Waals surface area contributed by atoms with Gasteiger partial charge in [-0.05, 0) is 35.2 Å². The molecule has 3 aromatic rings. The highest BCUT2D eigenvalue weighted by Gasteiger charge is 2.09. The summed E-state index contributed by atoms with van der Waals surface area (Å²) >= 11 is 6.19. The first-order valence-electron chi connectivity index (χ1n) is 8.49. The van der Waals surface area contributed by atoms with Crippen LogP contribution in [-0.4, -0.2) is 9.97 Å². The molecular weight excluding hydrogens is 346 g/mol. The van der Waals surface area contributed by atoms with Gasteiger partial charge in [-0.1, -0.05) is 55.8 Å². The summed E-state index contributed by atoms with van der Waals surface area (Å²) in [5.74, 6) is 1.63. The Hall–Kier alpha value is -2.79. The number of halogens is 1. The summed E-state index contributed by atoms with van der Waals surface area (Å²) in [5.41, 5.74) is 9.88. The van der Waals surface area contributed by atoms with Gasteiger partial charge in [0.15, 0.2) is 11.6 Å². The number of aromatic nitrogens is 2. The van der Waals surface area contributed by atoms with Gasteiger partial charge in [0.05, 0.1) is 0 Å².